The maximum atomic E-state index is 11.7. The molecule has 0 aliphatic carbocycles. The van der Waals surface area contributed by atoms with Crippen LogP contribution in [-0.2, 0) is 22.5 Å². The van der Waals surface area contributed by atoms with E-state index in [1.54, 1.807) is 12.1 Å². The molecule has 0 heterocycles. The number of carbonyl (C=O) groups is 2. The maximum Gasteiger partial charge on any atom is 0.407 e. The van der Waals surface area contributed by atoms with Gasteiger partial charge in [0.15, 0.2) is 0 Å². The summed E-state index contributed by atoms with van der Waals surface area (Å²) in [6, 6.07) is 14.7. The smallest absolute Gasteiger partial charge is 0.407 e. The zero-order valence-electron chi connectivity index (χ0n) is 15.7. The van der Waals surface area contributed by atoms with Gasteiger partial charge >= 0.3 is 12.1 Å². The molecule has 2 rings (SSSR count). The first-order valence-electron chi connectivity index (χ1n) is 8.60. The van der Waals surface area contributed by atoms with Gasteiger partial charge in [0.05, 0.1) is 6.42 Å². The lowest BCUT2D eigenvalue weighted by Crippen LogP contribution is -2.32. The van der Waals surface area contributed by atoms with Crippen LogP contribution in [0.2, 0.25) is 0 Å². The summed E-state index contributed by atoms with van der Waals surface area (Å²) < 4.78 is 5.20. The number of amides is 1. The Bertz CT molecular complexity index is 850. The average Bonchev–Trinajstić information content (AvgIpc) is 2.58. The van der Waals surface area contributed by atoms with Crippen molar-refractivity contribution in [2.45, 2.75) is 39.3 Å². The molecule has 140 valence electrons. The molecule has 0 spiro atoms. The Hall–Kier alpha value is -3.26. The van der Waals surface area contributed by atoms with E-state index in [4.69, 9.17) is 9.84 Å². The van der Waals surface area contributed by atoms with Crippen LogP contribution in [0.1, 0.15) is 43.0 Å². The molecule has 0 aliphatic rings. The molecule has 0 saturated carbocycles. The summed E-state index contributed by atoms with van der Waals surface area (Å²) in [6.07, 6.45) is -0.440. The summed E-state index contributed by atoms with van der Waals surface area (Å²) in [5, 5.41) is 11.5. The van der Waals surface area contributed by atoms with Gasteiger partial charge in [-0.15, -0.1) is 0 Å². The Morgan fingerprint density at radius 1 is 0.926 bits per heavy atom. The molecule has 0 atom stereocenters. The molecule has 27 heavy (non-hydrogen) atoms. The van der Waals surface area contributed by atoms with Crippen molar-refractivity contribution in [3.8, 4) is 11.8 Å². The zero-order valence-corrected chi connectivity index (χ0v) is 15.7. The molecule has 1 amide bonds. The number of benzene rings is 2. The predicted octanol–water partition coefficient (Wildman–Crippen LogP) is 3.74. The number of carboxylic acids is 1. The highest BCUT2D eigenvalue weighted by Gasteiger charge is 2.15. The van der Waals surface area contributed by atoms with Crippen molar-refractivity contribution in [1.29, 1.82) is 0 Å². The van der Waals surface area contributed by atoms with Crippen LogP contribution in [0.25, 0.3) is 0 Å². The molecule has 0 fully saturated rings. The second-order valence-corrected chi connectivity index (χ2v) is 7.07. The quantitative estimate of drug-likeness (QED) is 0.810. The molecule has 2 aromatic carbocycles. The Kier molecular flexibility index (Phi) is 6.62. The first-order valence-corrected chi connectivity index (χ1v) is 8.60. The van der Waals surface area contributed by atoms with E-state index in [0.29, 0.717) is 6.54 Å². The lowest BCUT2D eigenvalue weighted by atomic mass is 10.1. The van der Waals surface area contributed by atoms with Crippen LogP contribution in [0.5, 0.6) is 0 Å². The molecular weight excluding hydrogens is 342 g/mol. The van der Waals surface area contributed by atoms with E-state index < -0.39 is 17.7 Å². The van der Waals surface area contributed by atoms with Gasteiger partial charge in [0, 0.05) is 17.7 Å². The highest BCUT2D eigenvalue weighted by molar-refractivity contribution is 5.70. The van der Waals surface area contributed by atoms with E-state index in [1.807, 2.05) is 57.2 Å². The molecule has 0 aromatic heterocycles. The number of carbonyl (C=O) groups excluding carboxylic acids is 1. The van der Waals surface area contributed by atoms with Crippen LogP contribution in [0.15, 0.2) is 48.5 Å². The van der Waals surface area contributed by atoms with E-state index >= 15 is 0 Å². The number of nitrogens with one attached hydrogen (secondary N) is 1. The van der Waals surface area contributed by atoms with Crippen LogP contribution in [0.4, 0.5) is 4.79 Å². The molecule has 2 N–H and O–H groups in total. The first-order chi connectivity index (χ1) is 12.7. The number of hydrogen-bond acceptors (Lipinski definition) is 3. The van der Waals surface area contributed by atoms with Crippen molar-refractivity contribution < 1.29 is 19.4 Å². The van der Waals surface area contributed by atoms with E-state index in [0.717, 1.165) is 22.3 Å². The van der Waals surface area contributed by atoms with Gasteiger partial charge in [-0.3, -0.25) is 4.79 Å². The van der Waals surface area contributed by atoms with E-state index in [9.17, 15) is 9.59 Å². The van der Waals surface area contributed by atoms with Gasteiger partial charge in [-0.05, 0) is 56.2 Å². The highest BCUT2D eigenvalue weighted by Crippen LogP contribution is 2.08. The minimum atomic E-state index is -0.852. The van der Waals surface area contributed by atoms with Crippen molar-refractivity contribution in [3.63, 3.8) is 0 Å². The van der Waals surface area contributed by atoms with E-state index in [-0.39, 0.29) is 6.42 Å². The predicted molar refractivity (Wildman–Crippen MR) is 103 cm³/mol. The van der Waals surface area contributed by atoms with E-state index in [2.05, 4.69) is 17.2 Å². The van der Waals surface area contributed by atoms with Crippen LogP contribution >= 0.6 is 0 Å². The molecule has 5 nitrogen and oxygen atoms in total. The van der Waals surface area contributed by atoms with Gasteiger partial charge < -0.3 is 15.2 Å². The van der Waals surface area contributed by atoms with Crippen molar-refractivity contribution in [1.82, 2.24) is 5.32 Å². The second-order valence-electron chi connectivity index (χ2n) is 7.07. The molecule has 0 radical (unpaired) electrons. The summed E-state index contributed by atoms with van der Waals surface area (Å²) >= 11 is 0. The number of ether oxygens (including phenoxy) is 1. The highest BCUT2D eigenvalue weighted by atomic mass is 16.6. The lowest BCUT2D eigenvalue weighted by molar-refractivity contribution is -0.136. The molecule has 2 aromatic rings. The fraction of sp³-hybridized carbons (Fsp3) is 0.273. The van der Waals surface area contributed by atoms with Gasteiger partial charge in [0.2, 0.25) is 0 Å². The normalized spacial score (nSPS) is 10.5. The summed E-state index contributed by atoms with van der Waals surface area (Å²) in [5.41, 5.74) is 2.85. The molecule has 0 saturated heterocycles. The fourth-order valence-corrected chi connectivity index (χ4v) is 2.22. The molecule has 5 heteroatoms. The fourth-order valence-electron chi connectivity index (χ4n) is 2.22. The molecule has 0 aliphatic heterocycles. The van der Waals surface area contributed by atoms with Gasteiger partial charge in [0.1, 0.15) is 5.60 Å². The maximum absolute atomic E-state index is 11.7. The molecule has 0 unspecified atom stereocenters. The van der Waals surface area contributed by atoms with Crippen LogP contribution in [0.3, 0.4) is 0 Å². The first kappa shape index (κ1) is 20.1. The van der Waals surface area contributed by atoms with Crippen molar-refractivity contribution in [2.75, 3.05) is 0 Å². The zero-order chi connectivity index (χ0) is 19.9. The topological polar surface area (TPSA) is 75.6 Å². The van der Waals surface area contributed by atoms with Gasteiger partial charge in [-0.2, -0.15) is 0 Å². The number of hydrogen-bond donors (Lipinski definition) is 2. The standard InChI is InChI=1S/C22H23NO4/c1-22(2,3)27-21(26)23-15-19-12-8-17(9-13-19)5-4-16-6-10-18(11-7-16)14-20(24)25/h6-13H,14-15H2,1-3H3,(H,23,26)(H,24,25). The molecule has 0 bridgehead atoms. The lowest BCUT2D eigenvalue weighted by Gasteiger charge is -2.19. The molecular formula is C22H23NO4. The minimum absolute atomic E-state index is 0.00645. The van der Waals surface area contributed by atoms with Gasteiger partial charge in [-0.25, -0.2) is 4.79 Å². The Balaban J connectivity index is 1.91. The Labute approximate surface area is 159 Å². The second kappa shape index (κ2) is 8.91. The third kappa shape index (κ3) is 7.66. The Morgan fingerprint density at radius 2 is 1.41 bits per heavy atom. The van der Waals surface area contributed by atoms with Crippen LogP contribution < -0.4 is 5.32 Å². The third-order valence-corrected chi connectivity index (χ3v) is 3.45. The number of alkyl carbamates (subject to hydrolysis) is 1. The van der Waals surface area contributed by atoms with Gasteiger partial charge in [0.25, 0.3) is 0 Å². The average molecular weight is 365 g/mol. The number of aliphatic carboxylic acids is 1. The summed E-state index contributed by atoms with van der Waals surface area (Å²) in [6.45, 7) is 5.84. The van der Waals surface area contributed by atoms with Crippen molar-refractivity contribution in [3.05, 3.63) is 70.8 Å². The third-order valence-electron chi connectivity index (χ3n) is 3.45. The summed E-state index contributed by atoms with van der Waals surface area (Å²) in [4.78, 5) is 22.3. The monoisotopic (exact) mass is 365 g/mol. The number of rotatable bonds is 4. The summed E-state index contributed by atoms with van der Waals surface area (Å²) in [5.74, 6) is 5.26. The van der Waals surface area contributed by atoms with Gasteiger partial charge in [-0.1, -0.05) is 36.1 Å². The van der Waals surface area contributed by atoms with Crippen molar-refractivity contribution in [2.24, 2.45) is 0 Å². The van der Waals surface area contributed by atoms with Crippen LogP contribution in [-0.4, -0.2) is 22.8 Å². The Morgan fingerprint density at radius 3 is 1.85 bits per heavy atom. The minimum Gasteiger partial charge on any atom is -0.481 e. The SMILES string of the molecule is CC(C)(C)OC(=O)NCc1ccc(C#Cc2ccc(CC(=O)O)cc2)cc1. The van der Waals surface area contributed by atoms with E-state index in [1.165, 1.54) is 0 Å². The summed E-state index contributed by atoms with van der Waals surface area (Å²) in [7, 11) is 0. The van der Waals surface area contributed by atoms with Crippen LogP contribution in [0, 0.1) is 11.8 Å². The number of carboxylic acid groups (broad SMARTS) is 1. The van der Waals surface area contributed by atoms with Crippen molar-refractivity contribution >= 4 is 12.1 Å². The largest absolute Gasteiger partial charge is 0.481 e.